The lowest BCUT2D eigenvalue weighted by atomic mass is 9.98. The molecular formula is C25H23N3O6. The van der Waals surface area contributed by atoms with E-state index in [1.165, 1.54) is 11.0 Å². The minimum atomic E-state index is -0.956. The molecule has 1 aliphatic carbocycles. The highest BCUT2D eigenvalue weighted by molar-refractivity contribution is 5.94. The summed E-state index contributed by atoms with van der Waals surface area (Å²) in [5.74, 6) is -1.48. The number of rotatable bonds is 6. The molecule has 3 aromatic rings. The highest BCUT2D eigenvalue weighted by Gasteiger charge is 2.33. The van der Waals surface area contributed by atoms with E-state index in [0.717, 1.165) is 28.7 Å². The van der Waals surface area contributed by atoms with Crippen LogP contribution >= 0.6 is 0 Å². The first-order chi connectivity index (χ1) is 16.5. The molecule has 0 bridgehead atoms. The van der Waals surface area contributed by atoms with Crippen LogP contribution in [0.1, 0.15) is 46.8 Å². The normalized spacial score (nSPS) is 16.7. The number of anilines is 1. The van der Waals surface area contributed by atoms with Crippen molar-refractivity contribution >= 4 is 23.9 Å². The van der Waals surface area contributed by atoms with Crippen LogP contribution in [0.15, 0.2) is 59.1 Å². The van der Waals surface area contributed by atoms with Crippen LogP contribution in [-0.2, 0) is 9.53 Å². The number of fused-ring (bicyclic) bond motifs is 3. The molecule has 9 nitrogen and oxygen atoms in total. The smallest absolute Gasteiger partial charge is 0.414 e. The number of nitrogens with one attached hydrogen (secondary N) is 1. The van der Waals surface area contributed by atoms with Gasteiger partial charge < -0.3 is 19.3 Å². The first-order valence-electron chi connectivity index (χ1n) is 11.1. The van der Waals surface area contributed by atoms with E-state index in [-0.39, 0.29) is 36.6 Å². The molecule has 1 saturated heterocycles. The number of carbonyl (C=O) groups excluding carboxylic acids is 2. The van der Waals surface area contributed by atoms with Gasteiger partial charge >= 0.3 is 12.1 Å². The van der Waals surface area contributed by atoms with Gasteiger partial charge in [-0.05, 0) is 35.1 Å². The number of nitrogens with zero attached hydrogens (tertiary/aromatic N) is 2. The number of hydrogen-bond donors (Lipinski definition) is 2. The molecule has 34 heavy (non-hydrogen) atoms. The Morgan fingerprint density at radius 1 is 1.09 bits per heavy atom. The van der Waals surface area contributed by atoms with Crippen molar-refractivity contribution in [2.75, 3.05) is 18.5 Å². The zero-order chi connectivity index (χ0) is 23.7. The van der Waals surface area contributed by atoms with Crippen molar-refractivity contribution in [3.63, 3.8) is 0 Å². The van der Waals surface area contributed by atoms with Gasteiger partial charge in [-0.3, -0.25) is 14.9 Å². The maximum atomic E-state index is 12.7. The summed E-state index contributed by atoms with van der Waals surface area (Å²) >= 11 is 0. The number of carboxylic acid groups (broad SMARTS) is 1. The van der Waals surface area contributed by atoms with Crippen molar-refractivity contribution in [1.82, 2.24) is 10.1 Å². The average Bonchev–Trinajstić information content (AvgIpc) is 3.55. The number of likely N-dealkylation sites (tertiary alicyclic amines) is 1. The standard InChI is InChI=1S/C25H23N3O6/c29-23(30)12-15-6-5-11-28(15)24(31)21-13-22(34-27-21)26-25(32)33-14-20-18-9-3-1-7-16(18)17-8-2-4-10-19(17)20/h1-4,7-10,13,15,20H,5-6,11-12,14H2,(H,26,32)(H,29,30). The maximum absolute atomic E-state index is 12.7. The van der Waals surface area contributed by atoms with Gasteiger partial charge in [-0.25, -0.2) is 4.79 Å². The van der Waals surface area contributed by atoms with E-state index in [1.807, 2.05) is 36.4 Å². The fourth-order valence-corrected chi connectivity index (χ4v) is 4.83. The number of aliphatic carboxylic acids is 1. The molecule has 0 saturated carbocycles. The van der Waals surface area contributed by atoms with Crippen molar-refractivity contribution < 1.29 is 28.8 Å². The van der Waals surface area contributed by atoms with Crippen LogP contribution in [0.25, 0.3) is 11.1 Å². The van der Waals surface area contributed by atoms with E-state index in [9.17, 15) is 14.4 Å². The van der Waals surface area contributed by atoms with Crippen LogP contribution in [0.5, 0.6) is 0 Å². The molecule has 0 spiro atoms. The molecule has 2 amide bonds. The molecular weight excluding hydrogens is 438 g/mol. The van der Waals surface area contributed by atoms with Gasteiger partial charge in [-0.1, -0.05) is 53.7 Å². The molecule has 2 N–H and O–H groups in total. The Kier molecular flexibility index (Phi) is 5.75. The Balaban J connectivity index is 1.21. The lowest BCUT2D eigenvalue weighted by Gasteiger charge is -2.22. The largest absolute Gasteiger partial charge is 0.481 e. The van der Waals surface area contributed by atoms with Gasteiger partial charge in [0.05, 0.1) is 6.42 Å². The van der Waals surface area contributed by atoms with Gasteiger partial charge in [-0.15, -0.1) is 0 Å². The second-order valence-corrected chi connectivity index (χ2v) is 8.42. The molecule has 1 unspecified atom stereocenters. The Morgan fingerprint density at radius 2 is 1.76 bits per heavy atom. The molecule has 1 atom stereocenters. The van der Waals surface area contributed by atoms with E-state index in [2.05, 4.69) is 22.6 Å². The molecule has 2 heterocycles. The lowest BCUT2D eigenvalue weighted by Crippen LogP contribution is -2.37. The molecule has 2 aromatic carbocycles. The molecule has 1 fully saturated rings. The average molecular weight is 461 g/mol. The third kappa shape index (κ3) is 4.12. The Labute approximate surface area is 195 Å². The summed E-state index contributed by atoms with van der Waals surface area (Å²) in [5, 5.41) is 15.3. The van der Waals surface area contributed by atoms with Crippen molar-refractivity contribution in [2.45, 2.75) is 31.2 Å². The molecule has 1 aliphatic heterocycles. The van der Waals surface area contributed by atoms with Gasteiger partial charge in [0.15, 0.2) is 5.69 Å². The minimum Gasteiger partial charge on any atom is -0.481 e. The number of carboxylic acids is 1. The molecule has 9 heteroatoms. The lowest BCUT2D eigenvalue weighted by molar-refractivity contribution is -0.137. The van der Waals surface area contributed by atoms with Gasteiger partial charge in [0.1, 0.15) is 6.61 Å². The van der Waals surface area contributed by atoms with E-state index in [1.54, 1.807) is 0 Å². The number of benzene rings is 2. The molecule has 5 rings (SSSR count). The van der Waals surface area contributed by atoms with Crippen molar-refractivity contribution in [1.29, 1.82) is 0 Å². The van der Waals surface area contributed by atoms with E-state index >= 15 is 0 Å². The minimum absolute atomic E-state index is 0.00577. The second kappa shape index (κ2) is 9.01. The van der Waals surface area contributed by atoms with E-state index < -0.39 is 18.0 Å². The van der Waals surface area contributed by atoms with Gasteiger partial charge in [0.25, 0.3) is 5.91 Å². The Bertz CT molecular complexity index is 1210. The fourth-order valence-electron chi connectivity index (χ4n) is 4.83. The monoisotopic (exact) mass is 461 g/mol. The molecule has 0 radical (unpaired) electrons. The quantitative estimate of drug-likeness (QED) is 0.566. The maximum Gasteiger partial charge on any atom is 0.414 e. The van der Waals surface area contributed by atoms with Crippen LogP contribution in [0.3, 0.4) is 0 Å². The number of carbonyl (C=O) groups is 3. The van der Waals surface area contributed by atoms with Crippen molar-refractivity contribution in [3.8, 4) is 11.1 Å². The molecule has 1 aromatic heterocycles. The predicted molar refractivity (Wildman–Crippen MR) is 122 cm³/mol. The first kappa shape index (κ1) is 21.7. The summed E-state index contributed by atoms with van der Waals surface area (Å²) in [6, 6.07) is 17.0. The summed E-state index contributed by atoms with van der Waals surface area (Å²) in [4.78, 5) is 37.7. The van der Waals surface area contributed by atoms with Crippen LogP contribution in [0.4, 0.5) is 10.7 Å². The highest BCUT2D eigenvalue weighted by atomic mass is 16.6. The summed E-state index contributed by atoms with van der Waals surface area (Å²) in [5.41, 5.74) is 4.48. The number of ether oxygens (including phenoxy) is 1. The van der Waals surface area contributed by atoms with Crippen molar-refractivity contribution in [2.24, 2.45) is 0 Å². The van der Waals surface area contributed by atoms with Crippen LogP contribution in [0.2, 0.25) is 0 Å². The summed E-state index contributed by atoms with van der Waals surface area (Å²) in [6.07, 6.45) is 0.517. The second-order valence-electron chi connectivity index (χ2n) is 8.42. The van der Waals surface area contributed by atoms with Crippen molar-refractivity contribution in [3.05, 3.63) is 71.4 Å². The summed E-state index contributed by atoms with van der Waals surface area (Å²) in [7, 11) is 0. The molecule has 174 valence electrons. The summed E-state index contributed by atoms with van der Waals surface area (Å²) in [6.45, 7) is 0.600. The number of aromatic nitrogens is 1. The SMILES string of the molecule is O=C(O)CC1CCCN1C(=O)c1cc(NC(=O)OCC2c3ccccc3-c3ccccc32)on1. The third-order valence-electron chi connectivity index (χ3n) is 6.35. The highest BCUT2D eigenvalue weighted by Crippen LogP contribution is 2.44. The Hall–Kier alpha value is -4.14. The third-order valence-corrected chi connectivity index (χ3v) is 6.35. The van der Waals surface area contributed by atoms with Crippen LogP contribution in [0, 0.1) is 0 Å². The Morgan fingerprint density at radius 3 is 2.44 bits per heavy atom. The molecule has 2 aliphatic rings. The fraction of sp³-hybridized carbons (Fsp3) is 0.280. The van der Waals surface area contributed by atoms with Gasteiger partial charge in [0.2, 0.25) is 5.88 Å². The van der Waals surface area contributed by atoms with E-state index in [4.69, 9.17) is 14.4 Å². The van der Waals surface area contributed by atoms with Crippen LogP contribution in [-0.4, -0.2) is 52.3 Å². The topological polar surface area (TPSA) is 122 Å². The zero-order valence-corrected chi connectivity index (χ0v) is 18.3. The first-order valence-corrected chi connectivity index (χ1v) is 11.1. The number of amides is 2. The van der Waals surface area contributed by atoms with Crippen LogP contribution < -0.4 is 5.32 Å². The number of hydrogen-bond acceptors (Lipinski definition) is 6. The predicted octanol–water partition coefficient (Wildman–Crippen LogP) is 4.11. The van der Waals surface area contributed by atoms with Gasteiger partial charge in [-0.2, -0.15) is 0 Å². The zero-order valence-electron chi connectivity index (χ0n) is 18.3. The van der Waals surface area contributed by atoms with E-state index in [0.29, 0.717) is 13.0 Å². The van der Waals surface area contributed by atoms with Gasteiger partial charge in [0, 0.05) is 24.6 Å². The summed E-state index contributed by atoms with van der Waals surface area (Å²) < 4.78 is 10.6.